The Labute approximate surface area is 148 Å². The number of nitrogens with zero attached hydrogens (tertiary/aromatic N) is 2. The fraction of sp³-hybridized carbons (Fsp3) is 0.550. The van der Waals surface area contributed by atoms with Crippen LogP contribution in [0.3, 0.4) is 0 Å². The van der Waals surface area contributed by atoms with Gasteiger partial charge in [0.05, 0.1) is 11.3 Å². The van der Waals surface area contributed by atoms with Gasteiger partial charge in [0, 0.05) is 49.5 Å². The fourth-order valence-electron chi connectivity index (χ4n) is 4.26. The van der Waals surface area contributed by atoms with Gasteiger partial charge in [-0.25, -0.2) is 4.39 Å². The van der Waals surface area contributed by atoms with Crippen LogP contribution in [0.15, 0.2) is 24.3 Å². The summed E-state index contributed by atoms with van der Waals surface area (Å²) in [6.45, 7) is 8.16. The molecule has 2 aliphatic heterocycles. The van der Waals surface area contributed by atoms with E-state index in [0.29, 0.717) is 11.5 Å². The van der Waals surface area contributed by atoms with Crippen molar-refractivity contribution in [2.45, 2.75) is 45.3 Å². The van der Waals surface area contributed by atoms with Gasteiger partial charge >= 0.3 is 0 Å². The maximum Gasteiger partial charge on any atom is 0.132 e. The number of H-pyrrole nitrogens is 1. The third kappa shape index (κ3) is 3.48. The molecular weight excluding hydrogens is 317 g/mol. The van der Waals surface area contributed by atoms with Crippen molar-refractivity contribution in [2.24, 2.45) is 5.92 Å². The highest BCUT2D eigenvalue weighted by Crippen LogP contribution is 2.33. The fourth-order valence-corrected chi connectivity index (χ4v) is 4.26. The summed E-state index contributed by atoms with van der Waals surface area (Å²) >= 11 is 0. The molecule has 134 valence electrons. The molecule has 1 atom stereocenters. The van der Waals surface area contributed by atoms with Gasteiger partial charge < -0.3 is 4.74 Å². The van der Waals surface area contributed by atoms with Crippen LogP contribution in [0.25, 0.3) is 11.3 Å². The van der Waals surface area contributed by atoms with Gasteiger partial charge in [-0.1, -0.05) is 12.1 Å². The second-order valence-electron chi connectivity index (χ2n) is 7.96. The molecule has 0 saturated carbocycles. The molecule has 4 nitrogen and oxygen atoms in total. The van der Waals surface area contributed by atoms with Crippen LogP contribution in [0.4, 0.5) is 4.39 Å². The number of rotatable bonds is 3. The average molecular weight is 343 g/mol. The molecule has 4 rings (SSSR count). The zero-order valence-corrected chi connectivity index (χ0v) is 15.0. The molecule has 0 amide bonds. The second-order valence-corrected chi connectivity index (χ2v) is 7.96. The summed E-state index contributed by atoms with van der Waals surface area (Å²) in [4.78, 5) is 2.49. The first-order chi connectivity index (χ1) is 12.0. The van der Waals surface area contributed by atoms with Gasteiger partial charge in [-0.2, -0.15) is 5.10 Å². The van der Waals surface area contributed by atoms with E-state index in [2.05, 4.69) is 28.9 Å². The smallest absolute Gasteiger partial charge is 0.132 e. The molecule has 25 heavy (non-hydrogen) atoms. The Hall–Kier alpha value is -1.72. The third-order valence-electron chi connectivity index (χ3n) is 5.46. The summed E-state index contributed by atoms with van der Waals surface area (Å²) in [6.07, 6.45) is 3.17. The van der Waals surface area contributed by atoms with Crippen LogP contribution < -0.4 is 0 Å². The maximum atomic E-state index is 14.2. The molecule has 1 unspecified atom stereocenters. The Bertz CT molecular complexity index is 755. The number of halogens is 1. The predicted molar refractivity (Wildman–Crippen MR) is 95.7 cm³/mol. The molecule has 0 radical (unpaired) electrons. The van der Waals surface area contributed by atoms with Gasteiger partial charge in [0.1, 0.15) is 5.82 Å². The Kier molecular flexibility index (Phi) is 4.38. The number of hydrogen-bond donors (Lipinski definition) is 1. The second kappa shape index (κ2) is 6.54. The SMILES string of the molecule is CC1(C)CC(CN2CCc3[nH]nc(-c4ccccc4F)c3C2)CCO1. The molecule has 1 aromatic carbocycles. The molecule has 3 heterocycles. The van der Waals surface area contributed by atoms with Crippen LogP contribution >= 0.6 is 0 Å². The van der Waals surface area contributed by atoms with Gasteiger partial charge in [-0.05, 0) is 44.7 Å². The first-order valence-corrected chi connectivity index (χ1v) is 9.19. The lowest BCUT2D eigenvalue weighted by Crippen LogP contribution is -2.41. The molecule has 1 fully saturated rings. The highest BCUT2D eigenvalue weighted by Gasteiger charge is 2.31. The van der Waals surface area contributed by atoms with Gasteiger partial charge in [0.2, 0.25) is 0 Å². The molecular formula is C20H26FN3O. The van der Waals surface area contributed by atoms with Gasteiger partial charge in [-0.3, -0.25) is 10.00 Å². The van der Waals surface area contributed by atoms with Crippen molar-refractivity contribution in [3.05, 3.63) is 41.3 Å². The minimum absolute atomic E-state index is 0.0160. The zero-order chi connectivity index (χ0) is 17.4. The van der Waals surface area contributed by atoms with E-state index >= 15 is 0 Å². The van der Waals surface area contributed by atoms with E-state index in [4.69, 9.17) is 4.74 Å². The summed E-state index contributed by atoms with van der Waals surface area (Å²) in [5, 5.41) is 7.55. The van der Waals surface area contributed by atoms with E-state index in [1.165, 1.54) is 6.07 Å². The van der Waals surface area contributed by atoms with E-state index in [1.807, 2.05) is 12.1 Å². The number of nitrogens with one attached hydrogen (secondary N) is 1. The Morgan fingerprint density at radius 2 is 2.20 bits per heavy atom. The normalized spacial score (nSPS) is 23.4. The van der Waals surface area contributed by atoms with E-state index in [1.54, 1.807) is 6.07 Å². The molecule has 2 aliphatic rings. The first-order valence-electron chi connectivity index (χ1n) is 9.19. The summed E-state index contributed by atoms with van der Waals surface area (Å²) in [5.74, 6) is 0.453. The van der Waals surface area contributed by atoms with Crippen molar-refractivity contribution in [1.82, 2.24) is 15.1 Å². The van der Waals surface area contributed by atoms with E-state index in [9.17, 15) is 4.39 Å². The van der Waals surface area contributed by atoms with Crippen LogP contribution in [-0.4, -0.2) is 40.4 Å². The lowest BCUT2D eigenvalue weighted by Gasteiger charge is -2.38. The van der Waals surface area contributed by atoms with Gasteiger partial charge in [0.25, 0.3) is 0 Å². The Morgan fingerprint density at radius 1 is 1.36 bits per heavy atom. The zero-order valence-electron chi connectivity index (χ0n) is 15.0. The summed E-state index contributed by atoms with van der Waals surface area (Å²) in [7, 11) is 0. The number of ether oxygens (including phenoxy) is 1. The van der Waals surface area contributed by atoms with Gasteiger partial charge in [0.15, 0.2) is 0 Å². The minimum Gasteiger partial charge on any atom is -0.376 e. The number of aromatic amines is 1. The molecule has 1 saturated heterocycles. The number of benzene rings is 1. The quantitative estimate of drug-likeness (QED) is 0.922. The Balaban J connectivity index is 1.51. The summed E-state index contributed by atoms with van der Waals surface area (Å²) in [6, 6.07) is 6.90. The van der Waals surface area contributed by atoms with E-state index in [-0.39, 0.29) is 11.4 Å². The van der Waals surface area contributed by atoms with Crippen LogP contribution in [0.2, 0.25) is 0 Å². The van der Waals surface area contributed by atoms with Crippen molar-refractivity contribution in [1.29, 1.82) is 0 Å². The number of fused-ring (bicyclic) bond motifs is 1. The van der Waals surface area contributed by atoms with Crippen LogP contribution in [0.1, 0.15) is 37.9 Å². The highest BCUT2D eigenvalue weighted by molar-refractivity contribution is 5.64. The lowest BCUT2D eigenvalue weighted by molar-refractivity contribution is -0.0773. The van der Waals surface area contributed by atoms with Crippen molar-refractivity contribution in [3.63, 3.8) is 0 Å². The molecule has 0 bridgehead atoms. The molecule has 1 N–H and O–H groups in total. The standard InChI is InChI=1S/C20H26FN3O/c1-20(2)11-14(8-10-25-20)12-24-9-7-18-16(13-24)19(23-22-18)15-5-3-4-6-17(15)21/h3-6,14H,7-13H2,1-2H3,(H,22,23). The molecule has 2 aromatic rings. The van der Waals surface area contributed by atoms with Gasteiger partial charge in [-0.15, -0.1) is 0 Å². The van der Waals surface area contributed by atoms with Crippen molar-refractivity contribution < 1.29 is 9.13 Å². The van der Waals surface area contributed by atoms with Crippen molar-refractivity contribution in [3.8, 4) is 11.3 Å². The highest BCUT2D eigenvalue weighted by atomic mass is 19.1. The summed E-state index contributed by atoms with van der Waals surface area (Å²) in [5.41, 5.74) is 3.65. The molecule has 5 heteroatoms. The molecule has 0 spiro atoms. The monoisotopic (exact) mass is 343 g/mol. The molecule has 0 aliphatic carbocycles. The number of hydrogen-bond acceptors (Lipinski definition) is 3. The minimum atomic E-state index is -0.208. The average Bonchev–Trinajstić information content (AvgIpc) is 2.97. The predicted octanol–water partition coefficient (Wildman–Crippen LogP) is 3.78. The van der Waals surface area contributed by atoms with Crippen molar-refractivity contribution >= 4 is 0 Å². The first kappa shape index (κ1) is 16.7. The van der Waals surface area contributed by atoms with Crippen LogP contribution in [0, 0.1) is 11.7 Å². The van der Waals surface area contributed by atoms with E-state index in [0.717, 1.165) is 62.5 Å². The largest absolute Gasteiger partial charge is 0.376 e. The van der Waals surface area contributed by atoms with Crippen LogP contribution in [-0.2, 0) is 17.7 Å². The molecule has 1 aromatic heterocycles. The number of aromatic nitrogens is 2. The Morgan fingerprint density at radius 3 is 3.00 bits per heavy atom. The van der Waals surface area contributed by atoms with Crippen molar-refractivity contribution in [2.75, 3.05) is 19.7 Å². The lowest BCUT2D eigenvalue weighted by atomic mass is 9.87. The maximum absolute atomic E-state index is 14.2. The summed E-state index contributed by atoms with van der Waals surface area (Å²) < 4.78 is 20.0. The third-order valence-corrected chi connectivity index (χ3v) is 5.46. The van der Waals surface area contributed by atoms with Crippen LogP contribution in [0.5, 0.6) is 0 Å². The topological polar surface area (TPSA) is 41.2 Å². The van der Waals surface area contributed by atoms with E-state index < -0.39 is 0 Å².